The molecule has 1 spiro atoms. The summed E-state index contributed by atoms with van der Waals surface area (Å²) in [5, 5.41) is 9.36. The van der Waals surface area contributed by atoms with Crippen LogP contribution in [0.3, 0.4) is 0 Å². The topological polar surface area (TPSA) is 71.5 Å². The Balaban J connectivity index is 1.25. The van der Waals surface area contributed by atoms with Crippen LogP contribution in [0.2, 0.25) is 0 Å². The van der Waals surface area contributed by atoms with Gasteiger partial charge in [0.1, 0.15) is 28.6 Å². The molecule has 7 nitrogen and oxygen atoms in total. The van der Waals surface area contributed by atoms with Crippen LogP contribution in [0.5, 0.6) is 17.2 Å². The van der Waals surface area contributed by atoms with Gasteiger partial charge in [0, 0.05) is 36.8 Å². The fraction of sp³-hybridized carbons (Fsp3) is 0.406. The number of benzene rings is 3. The van der Waals surface area contributed by atoms with Gasteiger partial charge >= 0.3 is 5.97 Å². The van der Waals surface area contributed by atoms with E-state index >= 15 is 0 Å². The molecule has 0 amide bonds. The zero-order chi connectivity index (χ0) is 28.3. The standard InChI is InChI=1S/C32H37FN2O5/c1-4-39-28-16-22(17-29(40-5-2)30(28)23-6-8-24(33)9-7-23)19-34-14-12-32(13-15-34)20-35(21-32)25-10-11-26(31(36)37)27(18-25)38-3/h6-11,16-18H,4-5,12-15,19-21H2,1-3H3,(H,36,37). The highest BCUT2D eigenvalue weighted by Gasteiger charge is 2.45. The van der Waals surface area contributed by atoms with Crippen LogP contribution in [0.1, 0.15) is 42.6 Å². The average Bonchev–Trinajstić information content (AvgIpc) is 2.93. The zero-order valence-electron chi connectivity index (χ0n) is 23.4. The van der Waals surface area contributed by atoms with Gasteiger partial charge in [0.25, 0.3) is 0 Å². The van der Waals surface area contributed by atoms with Crippen molar-refractivity contribution in [3.8, 4) is 28.4 Å². The zero-order valence-corrected chi connectivity index (χ0v) is 23.4. The van der Waals surface area contributed by atoms with Gasteiger partial charge in [-0.3, -0.25) is 4.90 Å². The molecule has 5 rings (SSSR count). The summed E-state index contributed by atoms with van der Waals surface area (Å²) < 4.78 is 31.0. The number of rotatable bonds is 10. The van der Waals surface area contributed by atoms with Gasteiger partial charge in [0.05, 0.1) is 25.9 Å². The highest BCUT2D eigenvalue weighted by molar-refractivity contribution is 5.91. The highest BCUT2D eigenvalue weighted by Crippen LogP contribution is 2.44. The molecular weight excluding hydrogens is 511 g/mol. The lowest BCUT2D eigenvalue weighted by atomic mass is 9.71. The Bertz CT molecular complexity index is 1320. The molecule has 0 bridgehead atoms. The number of anilines is 1. The largest absolute Gasteiger partial charge is 0.496 e. The lowest BCUT2D eigenvalue weighted by Gasteiger charge is -2.55. The third kappa shape index (κ3) is 5.72. The molecule has 0 aliphatic carbocycles. The van der Waals surface area contributed by atoms with Crippen LogP contribution in [0.25, 0.3) is 11.1 Å². The van der Waals surface area contributed by atoms with Crippen molar-refractivity contribution >= 4 is 11.7 Å². The number of methoxy groups -OCH3 is 1. The minimum absolute atomic E-state index is 0.181. The van der Waals surface area contributed by atoms with E-state index in [1.54, 1.807) is 18.2 Å². The van der Waals surface area contributed by atoms with Gasteiger partial charge < -0.3 is 24.2 Å². The molecule has 0 unspecified atom stereocenters. The molecule has 2 aliphatic heterocycles. The van der Waals surface area contributed by atoms with Crippen LogP contribution in [-0.2, 0) is 6.54 Å². The van der Waals surface area contributed by atoms with E-state index in [0.29, 0.717) is 19.0 Å². The first-order valence-electron chi connectivity index (χ1n) is 13.9. The predicted octanol–water partition coefficient (Wildman–Crippen LogP) is 6.10. The highest BCUT2D eigenvalue weighted by atomic mass is 19.1. The van der Waals surface area contributed by atoms with E-state index in [4.69, 9.17) is 14.2 Å². The number of likely N-dealkylation sites (tertiary alicyclic amines) is 1. The van der Waals surface area contributed by atoms with Crippen LogP contribution in [0, 0.1) is 11.2 Å². The first-order valence-corrected chi connectivity index (χ1v) is 13.9. The van der Waals surface area contributed by atoms with E-state index in [1.165, 1.54) is 19.2 Å². The quantitative estimate of drug-likeness (QED) is 0.328. The summed E-state index contributed by atoms with van der Waals surface area (Å²) in [7, 11) is 1.50. The van der Waals surface area contributed by atoms with Gasteiger partial charge in [0.2, 0.25) is 0 Å². The van der Waals surface area contributed by atoms with Crippen molar-refractivity contribution in [2.45, 2.75) is 33.2 Å². The number of carboxylic acid groups (broad SMARTS) is 1. The summed E-state index contributed by atoms with van der Waals surface area (Å²) >= 11 is 0. The van der Waals surface area contributed by atoms with Crippen LogP contribution < -0.4 is 19.1 Å². The maximum absolute atomic E-state index is 13.6. The minimum atomic E-state index is -0.984. The molecule has 40 heavy (non-hydrogen) atoms. The molecule has 0 radical (unpaired) electrons. The van der Waals surface area contributed by atoms with Crippen molar-refractivity contribution in [3.63, 3.8) is 0 Å². The van der Waals surface area contributed by atoms with Gasteiger partial charge in [-0.05, 0) is 87.3 Å². The Labute approximate surface area is 235 Å². The number of halogens is 1. The number of carboxylic acids is 1. The Hall–Kier alpha value is -3.78. The van der Waals surface area contributed by atoms with E-state index < -0.39 is 5.97 Å². The van der Waals surface area contributed by atoms with Crippen LogP contribution in [0.4, 0.5) is 10.1 Å². The molecule has 3 aromatic rings. The van der Waals surface area contributed by atoms with Gasteiger partial charge in [0.15, 0.2) is 0 Å². The average molecular weight is 549 g/mol. The summed E-state index contributed by atoms with van der Waals surface area (Å²) in [5.74, 6) is 0.640. The van der Waals surface area contributed by atoms with Crippen LogP contribution in [0.15, 0.2) is 54.6 Å². The summed E-state index contributed by atoms with van der Waals surface area (Å²) in [6, 6.07) is 15.9. The lowest BCUT2D eigenvalue weighted by molar-refractivity contribution is 0.0691. The monoisotopic (exact) mass is 548 g/mol. The molecule has 1 N–H and O–H groups in total. The second kappa shape index (κ2) is 11.8. The smallest absolute Gasteiger partial charge is 0.339 e. The first-order chi connectivity index (χ1) is 19.3. The molecule has 0 atom stereocenters. The Morgan fingerprint density at radius 2 is 1.55 bits per heavy atom. The van der Waals surface area contributed by atoms with E-state index in [9.17, 15) is 14.3 Å². The van der Waals surface area contributed by atoms with Crippen molar-refractivity contribution < 1.29 is 28.5 Å². The Kier molecular flexibility index (Phi) is 8.17. The van der Waals surface area contributed by atoms with E-state index in [0.717, 1.165) is 79.4 Å². The van der Waals surface area contributed by atoms with Crippen molar-refractivity contribution in [1.29, 1.82) is 0 Å². The number of ether oxygens (including phenoxy) is 3. The van der Waals surface area contributed by atoms with Crippen molar-refractivity contribution in [2.24, 2.45) is 5.41 Å². The van der Waals surface area contributed by atoms with Gasteiger partial charge in [-0.25, -0.2) is 9.18 Å². The van der Waals surface area contributed by atoms with Crippen molar-refractivity contribution in [1.82, 2.24) is 4.90 Å². The predicted molar refractivity (Wildman–Crippen MR) is 153 cm³/mol. The molecule has 2 fully saturated rings. The number of aromatic carboxylic acids is 1. The van der Waals surface area contributed by atoms with Gasteiger partial charge in [-0.1, -0.05) is 12.1 Å². The molecule has 8 heteroatoms. The fourth-order valence-corrected chi connectivity index (χ4v) is 5.93. The molecule has 2 saturated heterocycles. The summed E-state index contributed by atoms with van der Waals surface area (Å²) in [6.07, 6.45) is 2.22. The maximum atomic E-state index is 13.6. The first kappa shape index (κ1) is 27.8. The molecule has 0 aromatic heterocycles. The molecule has 212 valence electrons. The van der Waals surface area contributed by atoms with Crippen LogP contribution >= 0.6 is 0 Å². The Morgan fingerprint density at radius 3 is 2.10 bits per heavy atom. The normalized spacial score (nSPS) is 16.4. The van der Waals surface area contributed by atoms with Gasteiger partial charge in [-0.2, -0.15) is 0 Å². The number of nitrogens with zero attached hydrogens (tertiary/aromatic N) is 2. The number of hydrogen-bond acceptors (Lipinski definition) is 6. The molecule has 3 aromatic carbocycles. The van der Waals surface area contributed by atoms with E-state index in [2.05, 4.69) is 21.9 Å². The lowest BCUT2D eigenvalue weighted by Crippen LogP contribution is -2.60. The number of carbonyl (C=O) groups is 1. The van der Waals surface area contributed by atoms with Crippen molar-refractivity contribution in [2.75, 3.05) is 51.4 Å². The summed E-state index contributed by atoms with van der Waals surface area (Å²) in [6.45, 7) is 9.71. The van der Waals surface area contributed by atoms with Gasteiger partial charge in [-0.15, -0.1) is 0 Å². The number of piperidine rings is 1. The number of hydrogen-bond donors (Lipinski definition) is 1. The van der Waals surface area contributed by atoms with Crippen molar-refractivity contribution in [3.05, 3.63) is 71.5 Å². The summed E-state index contributed by atoms with van der Waals surface area (Å²) in [4.78, 5) is 16.2. The minimum Gasteiger partial charge on any atom is -0.496 e. The fourth-order valence-electron chi connectivity index (χ4n) is 5.93. The third-order valence-electron chi connectivity index (χ3n) is 8.01. The van der Waals surface area contributed by atoms with E-state index in [-0.39, 0.29) is 16.8 Å². The Morgan fingerprint density at radius 1 is 0.925 bits per heavy atom. The summed E-state index contributed by atoms with van der Waals surface area (Å²) in [5.41, 5.74) is 4.32. The van der Waals surface area contributed by atoms with Crippen LogP contribution in [-0.4, -0.2) is 62.5 Å². The van der Waals surface area contributed by atoms with E-state index in [1.807, 2.05) is 26.0 Å². The third-order valence-corrected chi connectivity index (χ3v) is 8.01. The SMILES string of the molecule is CCOc1cc(CN2CCC3(CC2)CN(c2ccc(C(=O)O)c(OC)c2)C3)cc(OCC)c1-c1ccc(F)cc1. The molecule has 2 heterocycles. The second-order valence-corrected chi connectivity index (χ2v) is 10.7. The molecule has 2 aliphatic rings. The maximum Gasteiger partial charge on any atom is 0.339 e. The molecular formula is C32H37FN2O5. The second-order valence-electron chi connectivity index (χ2n) is 10.7. The molecule has 0 saturated carbocycles.